The van der Waals surface area contributed by atoms with Crippen LogP contribution in [0.5, 0.6) is 0 Å². The fraction of sp³-hybridized carbons (Fsp3) is 0.0769. The maximum atomic E-state index is 5.91. The molecule has 1 N–H and O–H groups in total. The Bertz CT molecular complexity index is 746. The quantitative estimate of drug-likeness (QED) is 0.722. The van der Waals surface area contributed by atoms with Crippen molar-refractivity contribution >= 4 is 35.0 Å². The predicted molar refractivity (Wildman–Crippen MR) is 75.5 cm³/mol. The molecule has 0 spiro atoms. The van der Waals surface area contributed by atoms with Crippen molar-refractivity contribution < 1.29 is 0 Å². The molecule has 90 valence electrons. The zero-order chi connectivity index (χ0) is 12.5. The van der Waals surface area contributed by atoms with Crippen LogP contribution < -0.4 is 0 Å². The number of nitrogens with one attached hydrogen (secondary N) is 1. The Kier molecular flexibility index (Phi) is 2.89. The average molecular weight is 276 g/mol. The lowest BCUT2D eigenvalue weighted by atomic mass is 10.2. The lowest BCUT2D eigenvalue weighted by Gasteiger charge is -2.03. The molecule has 0 aliphatic carbocycles. The van der Waals surface area contributed by atoms with Crippen LogP contribution in [0.2, 0.25) is 5.02 Å². The van der Waals surface area contributed by atoms with Crippen molar-refractivity contribution in [3.05, 3.63) is 58.0 Å². The van der Waals surface area contributed by atoms with Crippen LogP contribution >= 0.6 is 23.8 Å². The fourth-order valence-corrected chi connectivity index (χ4v) is 2.35. The molecule has 2 heterocycles. The molecule has 5 heteroatoms. The first kappa shape index (κ1) is 11.4. The van der Waals surface area contributed by atoms with Gasteiger partial charge in [0.1, 0.15) is 0 Å². The number of hydrogen-bond donors (Lipinski definition) is 1. The molecule has 0 saturated heterocycles. The fourth-order valence-electron chi connectivity index (χ4n) is 1.93. The van der Waals surface area contributed by atoms with Gasteiger partial charge in [-0.05, 0) is 23.8 Å². The third-order valence-corrected chi connectivity index (χ3v) is 3.29. The van der Waals surface area contributed by atoms with Gasteiger partial charge in [0.15, 0.2) is 10.4 Å². The van der Waals surface area contributed by atoms with E-state index in [9.17, 15) is 0 Å². The second kappa shape index (κ2) is 4.55. The Morgan fingerprint density at radius 1 is 1.28 bits per heavy atom. The molecule has 0 aliphatic rings. The van der Waals surface area contributed by atoms with Crippen LogP contribution in [-0.2, 0) is 6.54 Å². The highest BCUT2D eigenvalue weighted by molar-refractivity contribution is 7.71. The first-order valence-electron chi connectivity index (χ1n) is 5.52. The smallest absolute Gasteiger partial charge is 0.179 e. The van der Waals surface area contributed by atoms with E-state index in [1.165, 1.54) is 5.56 Å². The maximum absolute atomic E-state index is 5.91. The van der Waals surface area contributed by atoms with Gasteiger partial charge in [-0.1, -0.05) is 41.9 Å². The highest BCUT2D eigenvalue weighted by Crippen LogP contribution is 2.17. The van der Waals surface area contributed by atoms with E-state index in [1.54, 1.807) is 6.20 Å². The number of pyridine rings is 1. The summed E-state index contributed by atoms with van der Waals surface area (Å²) in [6.45, 7) is 0.703. The van der Waals surface area contributed by atoms with Crippen molar-refractivity contribution in [1.82, 2.24) is 14.5 Å². The van der Waals surface area contributed by atoms with Gasteiger partial charge in [0.05, 0.1) is 17.1 Å². The SMILES string of the molecule is S=c1[nH]c2cc(Cl)cnc2n1Cc1ccccc1. The molecule has 0 bridgehead atoms. The van der Waals surface area contributed by atoms with Crippen molar-refractivity contribution in [1.29, 1.82) is 0 Å². The minimum Gasteiger partial charge on any atom is -0.329 e. The minimum absolute atomic E-state index is 0.602. The Balaban J connectivity index is 2.12. The molecule has 3 nitrogen and oxygen atoms in total. The Hall–Kier alpha value is -1.65. The van der Waals surface area contributed by atoms with E-state index < -0.39 is 0 Å². The molecular formula is C13H10ClN3S. The molecule has 3 rings (SSSR count). The molecule has 0 radical (unpaired) electrons. The number of nitrogens with zero attached hydrogens (tertiary/aromatic N) is 2. The van der Waals surface area contributed by atoms with Crippen LogP contribution in [-0.4, -0.2) is 14.5 Å². The highest BCUT2D eigenvalue weighted by Gasteiger charge is 2.06. The van der Waals surface area contributed by atoms with E-state index >= 15 is 0 Å². The van der Waals surface area contributed by atoms with Crippen LogP contribution in [0, 0.1) is 4.77 Å². The number of imidazole rings is 1. The zero-order valence-corrected chi connectivity index (χ0v) is 11.0. The largest absolute Gasteiger partial charge is 0.329 e. The van der Waals surface area contributed by atoms with Crippen molar-refractivity contribution in [2.24, 2.45) is 0 Å². The number of hydrogen-bond acceptors (Lipinski definition) is 2. The number of aromatic nitrogens is 3. The molecule has 3 aromatic rings. The molecule has 0 aliphatic heterocycles. The average Bonchev–Trinajstić information content (AvgIpc) is 2.66. The van der Waals surface area contributed by atoms with E-state index in [0.717, 1.165) is 11.2 Å². The number of benzene rings is 1. The molecule has 0 unspecified atom stereocenters. The van der Waals surface area contributed by atoms with Gasteiger partial charge in [-0.15, -0.1) is 0 Å². The van der Waals surface area contributed by atoms with E-state index in [4.69, 9.17) is 23.8 Å². The Morgan fingerprint density at radius 3 is 2.83 bits per heavy atom. The van der Waals surface area contributed by atoms with E-state index in [0.29, 0.717) is 16.3 Å². The monoisotopic (exact) mass is 275 g/mol. The molecule has 1 aromatic carbocycles. The summed E-state index contributed by atoms with van der Waals surface area (Å²) in [5.74, 6) is 0. The number of aromatic amines is 1. The van der Waals surface area contributed by atoms with Gasteiger partial charge < -0.3 is 4.98 Å². The number of halogens is 1. The standard InChI is InChI=1S/C13H10ClN3S/c14-10-6-11-12(15-7-10)17(13(18)16-11)8-9-4-2-1-3-5-9/h1-7H,8H2,(H,16,18). The summed E-state index contributed by atoms with van der Waals surface area (Å²) >= 11 is 11.2. The zero-order valence-electron chi connectivity index (χ0n) is 9.43. The van der Waals surface area contributed by atoms with Crippen LogP contribution in [0.4, 0.5) is 0 Å². The highest BCUT2D eigenvalue weighted by atomic mass is 35.5. The summed E-state index contributed by atoms with van der Waals surface area (Å²) in [6.07, 6.45) is 1.63. The normalized spacial score (nSPS) is 10.9. The van der Waals surface area contributed by atoms with Crippen LogP contribution in [0.1, 0.15) is 5.56 Å². The number of fused-ring (bicyclic) bond motifs is 1. The molecule has 2 aromatic heterocycles. The molecule has 18 heavy (non-hydrogen) atoms. The van der Waals surface area contributed by atoms with Gasteiger partial charge >= 0.3 is 0 Å². The molecule has 0 atom stereocenters. The van der Waals surface area contributed by atoms with Crippen molar-refractivity contribution in [3.63, 3.8) is 0 Å². The van der Waals surface area contributed by atoms with Gasteiger partial charge in [0.2, 0.25) is 0 Å². The summed E-state index contributed by atoms with van der Waals surface area (Å²) in [7, 11) is 0. The topological polar surface area (TPSA) is 33.6 Å². The molecular weight excluding hydrogens is 266 g/mol. The summed E-state index contributed by atoms with van der Waals surface area (Å²) in [6, 6.07) is 12.0. The van der Waals surface area contributed by atoms with Gasteiger partial charge in [-0.3, -0.25) is 4.57 Å². The maximum Gasteiger partial charge on any atom is 0.179 e. The third kappa shape index (κ3) is 2.05. The van der Waals surface area contributed by atoms with Crippen molar-refractivity contribution in [2.45, 2.75) is 6.54 Å². The minimum atomic E-state index is 0.602. The summed E-state index contributed by atoms with van der Waals surface area (Å²) in [5.41, 5.74) is 2.88. The first-order valence-corrected chi connectivity index (χ1v) is 6.30. The Morgan fingerprint density at radius 2 is 2.06 bits per heavy atom. The lowest BCUT2D eigenvalue weighted by molar-refractivity contribution is 0.801. The van der Waals surface area contributed by atoms with Crippen molar-refractivity contribution in [3.8, 4) is 0 Å². The van der Waals surface area contributed by atoms with Gasteiger partial charge in [-0.2, -0.15) is 0 Å². The third-order valence-electron chi connectivity index (χ3n) is 2.76. The number of H-pyrrole nitrogens is 1. The first-order chi connectivity index (χ1) is 8.74. The summed E-state index contributed by atoms with van der Waals surface area (Å²) < 4.78 is 2.62. The van der Waals surface area contributed by atoms with E-state index in [2.05, 4.69) is 22.1 Å². The summed E-state index contributed by atoms with van der Waals surface area (Å²) in [5, 5.41) is 0.602. The second-order valence-corrected chi connectivity index (χ2v) is 4.85. The van der Waals surface area contributed by atoms with Crippen LogP contribution in [0.3, 0.4) is 0 Å². The number of rotatable bonds is 2. The second-order valence-electron chi connectivity index (χ2n) is 4.03. The van der Waals surface area contributed by atoms with Gasteiger partial charge in [0.25, 0.3) is 0 Å². The Labute approximate surface area is 114 Å². The van der Waals surface area contributed by atoms with E-state index in [-0.39, 0.29) is 0 Å². The lowest BCUT2D eigenvalue weighted by Crippen LogP contribution is -2.00. The van der Waals surface area contributed by atoms with Crippen LogP contribution in [0.25, 0.3) is 11.2 Å². The van der Waals surface area contributed by atoms with Crippen LogP contribution in [0.15, 0.2) is 42.6 Å². The van der Waals surface area contributed by atoms with Gasteiger partial charge in [-0.25, -0.2) is 4.98 Å². The van der Waals surface area contributed by atoms with E-state index in [1.807, 2.05) is 28.8 Å². The molecule has 0 fully saturated rings. The van der Waals surface area contributed by atoms with Crippen molar-refractivity contribution in [2.75, 3.05) is 0 Å². The molecule has 0 amide bonds. The predicted octanol–water partition coefficient (Wildman–Crippen LogP) is 3.80. The van der Waals surface area contributed by atoms with Gasteiger partial charge in [0, 0.05) is 6.20 Å². The summed E-state index contributed by atoms with van der Waals surface area (Å²) in [4.78, 5) is 7.45. The molecule has 0 saturated carbocycles.